The summed E-state index contributed by atoms with van der Waals surface area (Å²) in [6.07, 6.45) is 3.39. The van der Waals surface area contributed by atoms with Crippen LogP contribution in [0.2, 0.25) is 0 Å². The Morgan fingerprint density at radius 2 is 1.60 bits per heavy atom. The molecule has 2 nitrogen and oxygen atoms in total. The number of rotatable bonds is 5. The first-order valence-corrected chi connectivity index (χ1v) is 9.12. The van der Waals surface area contributed by atoms with Gasteiger partial charge in [-0.1, -0.05) is 60.7 Å². The van der Waals surface area contributed by atoms with Crippen LogP contribution >= 0.6 is 0 Å². The van der Waals surface area contributed by atoms with E-state index in [1.807, 2.05) is 0 Å². The van der Waals surface area contributed by atoms with Crippen molar-refractivity contribution in [2.24, 2.45) is 11.3 Å². The molecule has 0 bridgehead atoms. The molecule has 2 aromatic rings. The van der Waals surface area contributed by atoms with Gasteiger partial charge in [-0.15, -0.1) is 0 Å². The maximum Gasteiger partial charge on any atom is 0.0632 e. The molecular formula is C23H27NO. The van der Waals surface area contributed by atoms with Gasteiger partial charge in [0.25, 0.3) is 0 Å². The summed E-state index contributed by atoms with van der Waals surface area (Å²) < 4.78 is 6.18. The predicted molar refractivity (Wildman–Crippen MR) is 101 cm³/mol. The molecule has 0 aromatic heterocycles. The Morgan fingerprint density at radius 3 is 2.20 bits per heavy atom. The van der Waals surface area contributed by atoms with Gasteiger partial charge in [-0.2, -0.15) is 5.26 Å². The lowest BCUT2D eigenvalue weighted by Gasteiger charge is -2.49. The molecule has 0 N–H and O–H groups in total. The lowest BCUT2D eigenvalue weighted by molar-refractivity contribution is -0.139. The van der Waals surface area contributed by atoms with Crippen LogP contribution in [0.25, 0.3) is 0 Å². The molecule has 0 saturated carbocycles. The van der Waals surface area contributed by atoms with Gasteiger partial charge in [0, 0.05) is 6.42 Å². The zero-order valence-electron chi connectivity index (χ0n) is 15.2. The van der Waals surface area contributed by atoms with Crippen LogP contribution < -0.4 is 0 Å². The van der Waals surface area contributed by atoms with Crippen LogP contribution in [0.15, 0.2) is 60.7 Å². The molecule has 0 amide bonds. The summed E-state index contributed by atoms with van der Waals surface area (Å²) in [4.78, 5) is 0. The van der Waals surface area contributed by atoms with Gasteiger partial charge in [0.15, 0.2) is 0 Å². The van der Waals surface area contributed by atoms with Gasteiger partial charge in [-0.25, -0.2) is 0 Å². The van der Waals surface area contributed by atoms with Crippen molar-refractivity contribution in [2.75, 3.05) is 6.61 Å². The van der Waals surface area contributed by atoms with Crippen LogP contribution in [0.3, 0.4) is 0 Å². The summed E-state index contributed by atoms with van der Waals surface area (Å²) in [5, 5.41) is 9.62. The fourth-order valence-corrected chi connectivity index (χ4v) is 4.36. The summed E-state index contributed by atoms with van der Waals surface area (Å²) in [5.74, 6) is 0.350. The first kappa shape index (κ1) is 17.7. The third kappa shape index (κ3) is 4.30. The van der Waals surface area contributed by atoms with Gasteiger partial charge in [0.1, 0.15) is 0 Å². The lowest BCUT2D eigenvalue weighted by Crippen LogP contribution is -2.49. The topological polar surface area (TPSA) is 33.0 Å². The first-order chi connectivity index (χ1) is 12.0. The zero-order chi connectivity index (χ0) is 17.8. The Bertz CT molecular complexity index is 717. The number of nitriles is 1. The number of nitrogens with zero attached hydrogens (tertiary/aromatic N) is 1. The SMILES string of the molecule is CC1(C)CC(CC#N)(Cc2ccccc2)C(Cc2ccccc2)CO1. The van der Waals surface area contributed by atoms with Crippen LogP contribution in [0.4, 0.5) is 0 Å². The highest BCUT2D eigenvalue weighted by Gasteiger charge is 2.47. The second-order valence-electron chi connectivity index (χ2n) is 7.99. The minimum absolute atomic E-state index is 0.0479. The van der Waals surface area contributed by atoms with Crippen LogP contribution in [0, 0.1) is 22.7 Å². The van der Waals surface area contributed by atoms with Gasteiger partial charge in [-0.05, 0) is 55.6 Å². The zero-order valence-corrected chi connectivity index (χ0v) is 15.2. The summed E-state index contributed by atoms with van der Waals surface area (Å²) in [7, 11) is 0. The van der Waals surface area contributed by atoms with Crippen LogP contribution in [0.1, 0.15) is 37.8 Å². The van der Waals surface area contributed by atoms with Crippen molar-refractivity contribution in [3.05, 3.63) is 71.8 Å². The number of benzene rings is 2. The fraction of sp³-hybridized carbons (Fsp3) is 0.435. The molecule has 1 aliphatic rings. The van der Waals surface area contributed by atoms with E-state index < -0.39 is 0 Å². The Balaban J connectivity index is 1.93. The Kier molecular flexibility index (Phi) is 5.25. The van der Waals surface area contributed by atoms with Crippen molar-refractivity contribution in [3.8, 4) is 6.07 Å². The second-order valence-corrected chi connectivity index (χ2v) is 7.99. The Labute approximate surface area is 151 Å². The van der Waals surface area contributed by atoms with Gasteiger partial charge in [-0.3, -0.25) is 0 Å². The highest BCUT2D eigenvalue weighted by Crippen LogP contribution is 2.48. The van der Waals surface area contributed by atoms with Crippen molar-refractivity contribution >= 4 is 0 Å². The quantitative estimate of drug-likeness (QED) is 0.754. The van der Waals surface area contributed by atoms with E-state index in [1.165, 1.54) is 11.1 Å². The maximum atomic E-state index is 9.62. The smallest absolute Gasteiger partial charge is 0.0632 e. The first-order valence-electron chi connectivity index (χ1n) is 9.12. The van der Waals surface area contributed by atoms with Crippen LogP contribution in [-0.2, 0) is 17.6 Å². The molecule has 1 fully saturated rings. The van der Waals surface area contributed by atoms with E-state index >= 15 is 0 Å². The molecule has 130 valence electrons. The summed E-state index contributed by atoms with van der Waals surface area (Å²) in [6.45, 7) is 5.03. The lowest BCUT2D eigenvalue weighted by atomic mass is 9.61. The highest BCUT2D eigenvalue weighted by atomic mass is 16.5. The molecule has 0 aliphatic carbocycles. The molecule has 3 rings (SSSR count). The molecule has 1 saturated heterocycles. The molecular weight excluding hydrogens is 306 g/mol. The van der Waals surface area contributed by atoms with E-state index in [4.69, 9.17) is 4.74 Å². The molecule has 2 atom stereocenters. The minimum atomic E-state index is -0.182. The van der Waals surface area contributed by atoms with Crippen molar-refractivity contribution in [1.29, 1.82) is 5.26 Å². The van der Waals surface area contributed by atoms with E-state index in [0.29, 0.717) is 12.3 Å². The van der Waals surface area contributed by atoms with Crippen LogP contribution in [0.5, 0.6) is 0 Å². The fourth-order valence-electron chi connectivity index (χ4n) is 4.36. The molecule has 2 heteroatoms. The molecule has 1 aliphatic heterocycles. The van der Waals surface area contributed by atoms with Crippen LogP contribution in [-0.4, -0.2) is 12.2 Å². The average molecular weight is 333 g/mol. The Morgan fingerprint density at radius 1 is 1.00 bits per heavy atom. The van der Waals surface area contributed by atoms with Gasteiger partial charge in [0.2, 0.25) is 0 Å². The van der Waals surface area contributed by atoms with E-state index in [2.05, 4.69) is 80.6 Å². The van der Waals surface area contributed by atoms with Gasteiger partial charge < -0.3 is 4.74 Å². The molecule has 2 unspecified atom stereocenters. The third-order valence-electron chi connectivity index (χ3n) is 5.47. The monoisotopic (exact) mass is 333 g/mol. The summed E-state index contributed by atoms with van der Waals surface area (Å²) in [6, 6.07) is 23.7. The number of hydrogen-bond donors (Lipinski definition) is 0. The molecule has 2 aromatic carbocycles. The molecule has 1 heterocycles. The van der Waals surface area contributed by atoms with E-state index in [-0.39, 0.29) is 11.0 Å². The predicted octanol–water partition coefficient (Wildman–Crippen LogP) is 5.19. The van der Waals surface area contributed by atoms with E-state index in [1.54, 1.807) is 0 Å². The normalized spacial score (nSPS) is 25.2. The standard InChI is InChI=1S/C23H27NO/c1-22(2)18-23(13-14-24,16-20-11-7-4-8-12-20)21(17-25-22)15-19-9-5-3-6-10-19/h3-12,21H,13,15-18H2,1-2H3. The van der Waals surface area contributed by atoms with Crippen molar-refractivity contribution in [3.63, 3.8) is 0 Å². The number of hydrogen-bond acceptors (Lipinski definition) is 2. The van der Waals surface area contributed by atoms with Gasteiger partial charge in [0.05, 0.1) is 18.3 Å². The number of ether oxygens (including phenoxy) is 1. The Hall–Kier alpha value is -2.11. The third-order valence-corrected chi connectivity index (χ3v) is 5.47. The maximum absolute atomic E-state index is 9.62. The van der Waals surface area contributed by atoms with E-state index in [0.717, 1.165) is 25.9 Å². The van der Waals surface area contributed by atoms with Crippen molar-refractivity contribution in [1.82, 2.24) is 0 Å². The van der Waals surface area contributed by atoms with Gasteiger partial charge >= 0.3 is 0 Å². The summed E-state index contributed by atoms with van der Waals surface area (Å²) >= 11 is 0. The second kappa shape index (κ2) is 7.42. The summed E-state index contributed by atoms with van der Waals surface area (Å²) in [5.41, 5.74) is 2.41. The van der Waals surface area contributed by atoms with Crippen molar-refractivity contribution in [2.45, 2.75) is 45.1 Å². The van der Waals surface area contributed by atoms with Crippen molar-refractivity contribution < 1.29 is 4.74 Å². The largest absolute Gasteiger partial charge is 0.375 e. The molecule has 25 heavy (non-hydrogen) atoms. The molecule has 0 spiro atoms. The molecule has 0 radical (unpaired) electrons. The van der Waals surface area contributed by atoms with E-state index in [9.17, 15) is 5.26 Å². The average Bonchev–Trinajstić information content (AvgIpc) is 2.59. The minimum Gasteiger partial charge on any atom is -0.375 e. The highest BCUT2D eigenvalue weighted by molar-refractivity contribution is 5.21.